The fraction of sp³-hybridized carbons (Fsp3) is 0.438. The van der Waals surface area contributed by atoms with Crippen LogP contribution in [0.15, 0.2) is 42.0 Å². The number of aromatic nitrogens is 1. The van der Waals surface area contributed by atoms with E-state index >= 15 is 0 Å². The van der Waals surface area contributed by atoms with Crippen LogP contribution in [0.2, 0.25) is 0 Å². The van der Waals surface area contributed by atoms with Crippen molar-refractivity contribution in [1.29, 1.82) is 0 Å². The van der Waals surface area contributed by atoms with Crippen LogP contribution in [0.4, 0.5) is 0 Å². The lowest BCUT2D eigenvalue weighted by atomic mass is 9.81. The first-order valence-corrected chi connectivity index (χ1v) is 14.1. The molecule has 1 aromatic heterocycles. The average molecular weight is 529 g/mol. The van der Waals surface area contributed by atoms with Gasteiger partial charge in [0.15, 0.2) is 0 Å². The number of likely N-dealkylation sites (N-methyl/N-ethyl adjacent to an activating group) is 1. The molecule has 2 fully saturated rings. The minimum Gasteiger partial charge on any atom is -0.497 e. The van der Waals surface area contributed by atoms with Crippen LogP contribution in [0.5, 0.6) is 5.75 Å². The van der Waals surface area contributed by atoms with Crippen molar-refractivity contribution < 1.29 is 24.2 Å². The molecule has 1 atom stereocenters. The molecule has 1 saturated heterocycles. The van der Waals surface area contributed by atoms with Crippen molar-refractivity contribution >= 4 is 28.9 Å². The van der Waals surface area contributed by atoms with Crippen LogP contribution in [-0.2, 0) is 16.1 Å². The molecule has 204 valence electrons. The molecule has 39 heavy (non-hydrogen) atoms. The van der Waals surface area contributed by atoms with Crippen molar-refractivity contribution in [2.24, 2.45) is 0 Å². The molecule has 0 unspecified atom stereocenters. The molecule has 0 radical (unpaired) electrons. The lowest BCUT2D eigenvalue weighted by molar-refractivity contribution is -0.127. The van der Waals surface area contributed by atoms with Gasteiger partial charge in [0, 0.05) is 42.2 Å². The molecule has 0 spiro atoms. The fourth-order valence-electron chi connectivity index (χ4n) is 6.73. The van der Waals surface area contributed by atoms with Crippen LogP contribution in [-0.4, -0.2) is 59.9 Å². The van der Waals surface area contributed by atoms with Gasteiger partial charge in [-0.25, -0.2) is 4.79 Å². The Kier molecular flexibility index (Phi) is 6.94. The first-order chi connectivity index (χ1) is 18.9. The SMILES string of the molecule is COc1ccc2c(c1)C=C(C(=O)N(C)C[C@@H]1CCCO1)Cn1c-2c(C2CCCCC2)c2ccc(C(=O)O)cc21. The van der Waals surface area contributed by atoms with E-state index in [2.05, 4.69) is 10.6 Å². The second-order valence-corrected chi connectivity index (χ2v) is 11.2. The van der Waals surface area contributed by atoms with Crippen molar-refractivity contribution in [3.05, 3.63) is 58.7 Å². The molecule has 3 heterocycles. The van der Waals surface area contributed by atoms with Gasteiger partial charge in [0.2, 0.25) is 0 Å². The summed E-state index contributed by atoms with van der Waals surface area (Å²) in [5.41, 5.74) is 6.16. The third-order valence-electron chi connectivity index (χ3n) is 8.66. The van der Waals surface area contributed by atoms with Crippen LogP contribution in [0.25, 0.3) is 28.2 Å². The predicted octanol–water partition coefficient (Wildman–Crippen LogP) is 6.10. The second kappa shape index (κ2) is 10.5. The van der Waals surface area contributed by atoms with E-state index in [1.54, 1.807) is 24.1 Å². The summed E-state index contributed by atoms with van der Waals surface area (Å²) in [6, 6.07) is 11.5. The first-order valence-electron chi connectivity index (χ1n) is 14.1. The summed E-state index contributed by atoms with van der Waals surface area (Å²) < 4.78 is 13.6. The average Bonchev–Trinajstić information content (AvgIpc) is 3.54. The highest BCUT2D eigenvalue weighted by atomic mass is 16.5. The van der Waals surface area contributed by atoms with E-state index in [-0.39, 0.29) is 17.6 Å². The molecule has 2 aromatic carbocycles. The maximum atomic E-state index is 13.9. The zero-order chi connectivity index (χ0) is 27.1. The normalized spacial score (nSPS) is 19.2. The van der Waals surface area contributed by atoms with Crippen LogP contribution in [0.1, 0.15) is 72.3 Å². The quantitative estimate of drug-likeness (QED) is 0.418. The van der Waals surface area contributed by atoms with Gasteiger partial charge in [-0.15, -0.1) is 0 Å². The van der Waals surface area contributed by atoms with Gasteiger partial charge in [0.1, 0.15) is 5.75 Å². The summed E-state index contributed by atoms with van der Waals surface area (Å²) >= 11 is 0. The molecule has 6 rings (SSSR count). The van der Waals surface area contributed by atoms with Gasteiger partial charge in [-0.05, 0) is 79.1 Å². The summed E-state index contributed by atoms with van der Waals surface area (Å²) in [5.74, 6) is 0.139. The number of carboxylic acids is 1. The molecule has 7 heteroatoms. The summed E-state index contributed by atoms with van der Waals surface area (Å²) in [4.78, 5) is 27.6. The molecular weight excluding hydrogens is 492 g/mol. The van der Waals surface area contributed by atoms with E-state index in [9.17, 15) is 14.7 Å². The summed E-state index contributed by atoms with van der Waals surface area (Å²) in [7, 11) is 3.49. The molecule has 0 bridgehead atoms. The molecule has 7 nitrogen and oxygen atoms in total. The van der Waals surface area contributed by atoms with E-state index in [4.69, 9.17) is 9.47 Å². The number of fused-ring (bicyclic) bond motifs is 5. The van der Waals surface area contributed by atoms with Gasteiger partial charge in [-0.3, -0.25) is 4.79 Å². The number of hydrogen-bond acceptors (Lipinski definition) is 4. The number of nitrogens with zero attached hydrogens (tertiary/aromatic N) is 2. The Morgan fingerprint density at radius 1 is 1.08 bits per heavy atom. The third-order valence-corrected chi connectivity index (χ3v) is 8.66. The second-order valence-electron chi connectivity index (χ2n) is 11.2. The zero-order valence-electron chi connectivity index (χ0n) is 22.7. The van der Waals surface area contributed by atoms with Gasteiger partial charge in [-0.1, -0.05) is 25.3 Å². The number of carbonyl (C=O) groups is 2. The van der Waals surface area contributed by atoms with E-state index in [0.29, 0.717) is 24.6 Å². The Hall–Kier alpha value is -3.58. The monoisotopic (exact) mass is 528 g/mol. The number of amides is 1. The van der Waals surface area contributed by atoms with Crippen LogP contribution in [0, 0.1) is 0 Å². The summed E-state index contributed by atoms with van der Waals surface area (Å²) in [6.45, 7) is 1.67. The van der Waals surface area contributed by atoms with Crippen molar-refractivity contribution in [1.82, 2.24) is 9.47 Å². The highest BCUT2D eigenvalue weighted by molar-refractivity contribution is 6.03. The highest BCUT2D eigenvalue weighted by Crippen LogP contribution is 2.47. The number of carboxylic acid groups (broad SMARTS) is 1. The van der Waals surface area contributed by atoms with E-state index in [1.165, 1.54) is 24.8 Å². The highest BCUT2D eigenvalue weighted by Gasteiger charge is 2.31. The third kappa shape index (κ3) is 4.73. The number of methoxy groups -OCH3 is 1. The molecule has 3 aliphatic rings. The summed E-state index contributed by atoms with van der Waals surface area (Å²) in [5, 5.41) is 10.9. The maximum Gasteiger partial charge on any atom is 0.335 e. The molecule has 1 aliphatic carbocycles. The number of aromatic carboxylic acids is 1. The van der Waals surface area contributed by atoms with E-state index in [0.717, 1.165) is 65.8 Å². The Bertz CT molecular complexity index is 1460. The molecular formula is C32H36N2O5. The Morgan fingerprint density at radius 2 is 1.90 bits per heavy atom. The van der Waals surface area contributed by atoms with Crippen LogP contribution >= 0.6 is 0 Å². The molecule has 1 saturated carbocycles. The van der Waals surface area contributed by atoms with Gasteiger partial charge in [0.25, 0.3) is 5.91 Å². The lowest BCUT2D eigenvalue weighted by Gasteiger charge is -2.24. The maximum absolute atomic E-state index is 13.9. The van der Waals surface area contributed by atoms with Gasteiger partial charge >= 0.3 is 5.97 Å². The Labute approximate surface area is 229 Å². The zero-order valence-corrected chi connectivity index (χ0v) is 22.7. The summed E-state index contributed by atoms with van der Waals surface area (Å²) in [6.07, 6.45) is 9.91. The number of benzene rings is 2. The molecule has 1 amide bonds. The number of hydrogen-bond donors (Lipinski definition) is 1. The molecule has 2 aliphatic heterocycles. The Morgan fingerprint density at radius 3 is 2.62 bits per heavy atom. The number of carbonyl (C=O) groups excluding carboxylic acids is 1. The van der Waals surface area contributed by atoms with Gasteiger partial charge < -0.3 is 24.0 Å². The first kappa shape index (κ1) is 25.7. The van der Waals surface area contributed by atoms with Crippen molar-refractivity contribution in [2.45, 2.75) is 63.5 Å². The van der Waals surface area contributed by atoms with Crippen molar-refractivity contribution in [2.75, 3.05) is 27.3 Å². The van der Waals surface area contributed by atoms with Gasteiger partial charge in [-0.2, -0.15) is 0 Å². The van der Waals surface area contributed by atoms with Crippen molar-refractivity contribution in [3.63, 3.8) is 0 Å². The number of rotatable bonds is 6. The predicted molar refractivity (Wildman–Crippen MR) is 151 cm³/mol. The van der Waals surface area contributed by atoms with Crippen LogP contribution in [0.3, 0.4) is 0 Å². The number of ether oxygens (including phenoxy) is 2. The minimum atomic E-state index is -0.950. The fourth-order valence-corrected chi connectivity index (χ4v) is 6.73. The van der Waals surface area contributed by atoms with Crippen molar-refractivity contribution in [3.8, 4) is 17.0 Å². The molecule has 3 aromatic rings. The lowest BCUT2D eigenvalue weighted by Crippen LogP contribution is -2.35. The minimum absolute atomic E-state index is 0.0393. The van der Waals surface area contributed by atoms with Gasteiger partial charge in [0.05, 0.1) is 31.0 Å². The largest absolute Gasteiger partial charge is 0.497 e. The van der Waals surface area contributed by atoms with Crippen LogP contribution < -0.4 is 4.74 Å². The van der Waals surface area contributed by atoms with E-state index < -0.39 is 5.97 Å². The standard InChI is InChI=1S/C32H36N2O5/c1-33(19-25-9-6-14-39-25)31(35)23-15-22-16-24(38-2)11-13-26(22)30-29(20-7-4-3-5-8-20)27-12-10-21(32(36)37)17-28(27)34(30)18-23/h10-13,15-17,20,25H,3-9,14,18-19H2,1-2H3,(H,36,37)/t25-/m0/s1. The smallest absolute Gasteiger partial charge is 0.335 e. The van der Waals surface area contributed by atoms with E-state index in [1.807, 2.05) is 31.3 Å². The molecule has 1 N–H and O–H groups in total. The Balaban J connectivity index is 1.54. The topological polar surface area (TPSA) is 81.0 Å².